The fraction of sp³-hybridized carbons (Fsp3) is 0.833. The maximum absolute atomic E-state index is 5.51. The van der Waals surface area contributed by atoms with E-state index in [4.69, 9.17) is 14.2 Å². The summed E-state index contributed by atoms with van der Waals surface area (Å²) < 4.78 is 16.3. The van der Waals surface area contributed by atoms with Crippen LogP contribution < -0.4 is 0 Å². The van der Waals surface area contributed by atoms with Crippen molar-refractivity contribution < 1.29 is 14.2 Å². The molecule has 0 saturated carbocycles. The first-order valence-corrected chi connectivity index (χ1v) is 5.34. The fourth-order valence-corrected chi connectivity index (χ4v) is 2.12. The van der Waals surface area contributed by atoms with Gasteiger partial charge in [-0.2, -0.15) is 0 Å². The summed E-state index contributed by atoms with van der Waals surface area (Å²) in [7, 11) is 5.12. The van der Waals surface area contributed by atoms with E-state index in [1.807, 2.05) is 6.92 Å². The minimum Gasteiger partial charge on any atom is -0.501 e. The lowest BCUT2D eigenvalue weighted by Gasteiger charge is -2.45. The van der Waals surface area contributed by atoms with Crippen molar-refractivity contribution >= 4 is 0 Å². The van der Waals surface area contributed by atoms with Crippen LogP contribution in [0.25, 0.3) is 0 Å². The number of hydrogen-bond acceptors (Lipinski definition) is 3. The molecule has 0 radical (unpaired) electrons. The minimum atomic E-state index is -0.525. The van der Waals surface area contributed by atoms with Gasteiger partial charge in [-0.15, -0.1) is 0 Å². The number of hydrogen-bond donors (Lipinski definition) is 0. The zero-order valence-electron chi connectivity index (χ0n) is 10.4. The number of ether oxygens (including phenoxy) is 3. The van der Waals surface area contributed by atoms with Gasteiger partial charge < -0.3 is 14.2 Å². The third-order valence-electron chi connectivity index (χ3n) is 3.84. The van der Waals surface area contributed by atoms with Gasteiger partial charge in [0.2, 0.25) is 0 Å². The van der Waals surface area contributed by atoms with Crippen LogP contribution in [0.15, 0.2) is 11.8 Å². The van der Waals surface area contributed by atoms with Crippen molar-refractivity contribution in [1.82, 2.24) is 0 Å². The van der Waals surface area contributed by atoms with E-state index >= 15 is 0 Å². The first kappa shape index (κ1) is 12.5. The lowest BCUT2D eigenvalue weighted by atomic mass is 9.72. The van der Waals surface area contributed by atoms with Gasteiger partial charge in [0.25, 0.3) is 0 Å². The van der Waals surface area contributed by atoms with Crippen LogP contribution in [0.1, 0.15) is 33.1 Å². The highest BCUT2D eigenvalue weighted by Crippen LogP contribution is 2.45. The standard InChI is InChI=1S/C12H22O3/c1-11(12(2,14-4)15-5)8-6-10(13-3)7-9-11/h6H,7-9H2,1-5H3. The van der Waals surface area contributed by atoms with Crippen LogP contribution in [0.2, 0.25) is 0 Å². The Morgan fingerprint density at radius 2 is 1.87 bits per heavy atom. The summed E-state index contributed by atoms with van der Waals surface area (Å²) >= 11 is 0. The molecule has 15 heavy (non-hydrogen) atoms. The molecule has 0 heterocycles. The molecule has 3 nitrogen and oxygen atoms in total. The zero-order chi connectivity index (χ0) is 11.5. The lowest BCUT2D eigenvalue weighted by Crippen LogP contribution is -2.48. The van der Waals surface area contributed by atoms with Crippen molar-refractivity contribution in [2.45, 2.75) is 38.9 Å². The summed E-state index contributed by atoms with van der Waals surface area (Å²) in [5.41, 5.74) is 0.0124. The van der Waals surface area contributed by atoms with E-state index in [1.54, 1.807) is 21.3 Å². The molecule has 3 heteroatoms. The minimum absolute atomic E-state index is 0.0124. The molecule has 1 rings (SSSR count). The Morgan fingerprint density at radius 1 is 1.27 bits per heavy atom. The van der Waals surface area contributed by atoms with E-state index in [-0.39, 0.29) is 5.41 Å². The topological polar surface area (TPSA) is 27.7 Å². The van der Waals surface area contributed by atoms with Crippen molar-refractivity contribution in [2.24, 2.45) is 5.41 Å². The van der Waals surface area contributed by atoms with Crippen LogP contribution in [0.3, 0.4) is 0 Å². The van der Waals surface area contributed by atoms with Crippen molar-refractivity contribution in [3.63, 3.8) is 0 Å². The Morgan fingerprint density at radius 3 is 2.20 bits per heavy atom. The molecular formula is C12H22O3. The van der Waals surface area contributed by atoms with Gasteiger partial charge in [-0.1, -0.05) is 6.92 Å². The molecule has 0 fully saturated rings. The second kappa shape index (κ2) is 4.54. The van der Waals surface area contributed by atoms with Crippen molar-refractivity contribution in [1.29, 1.82) is 0 Å². The summed E-state index contributed by atoms with van der Waals surface area (Å²) in [5, 5.41) is 0. The van der Waals surface area contributed by atoms with Crippen LogP contribution in [0.5, 0.6) is 0 Å². The Balaban J connectivity index is 2.82. The highest BCUT2D eigenvalue weighted by Gasteiger charge is 2.46. The van der Waals surface area contributed by atoms with Crippen molar-refractivity contribution in [2.75, 3.05) is 21.3 Å². The summed E-state index contributed by atoms with van der Waals surface area (Å²) in [6.45, 7) is 4.20. The second-order valence-corrected chi connectivity index (χ2v) is 4.49. The van der Waals surface area contributed by atoms with E-state index in [0.29, 0.717) is 0 Å². The normalized spacial score (nSPS) is 27.4. The predicted octanol–water partition coefficient (Wildman–Crippen LogP) is 2.72. The molecule has 0 N–H and O–H groups in total. The molecule has 88 valence electrons. The molecule has 1 aliphatic carbocycles. The summed E-state index contributed by atoms with van der Waals surface area (Å²) in [6, 6.07) is 0. The molecule has 0 aromatic carbocycles. The first-order valence-electron chi connectivity index (χ1n) is 5.34. The Hall–Kier alpha value is -0.540. The highest BCUT2D eigenvalue weighted by atomic mass is 16.7. The Labute approximate surface area is 92.4 Å². The molecule has 0 aliphatic heterocycles. The molecule has 0 amide bonds. The summed E-state index contributed by atoms with van der Waals surface area (Å²) in [4.78, 5) is 0. The van der Waals surface area contributed by atoms with Gasteiger partial charge in [-0.25, -0.2) is 0 Å². The average Bonchev–Trinajstić information content (AvgIpc) is 2.29. The molecule has 0 saturated heterocycles. The first-order chi connectivity index (χ1) is 7.01. The lowest BCUT2D eigenvalue weighted by molar-refractivity contribution is -0.263. The van der Waals surface area contributed by atoms with Crippen LogP contribution in [-0.2, 0) is 14.2 Å². The van der Waals surface area contributed by atoms with Crippen LogP contribution >= 0.6 is 0 Å². The molecular weight excluding hydrogens is 192 g/mol. The fourth-order valence-electron chi connectivity index (χ4n) is 2.12. The Kier molecular flexibility index (Phi) is 3.79. The maximum Gasteiger partial charge on any atom is 0.170 e. The molecule has 0 aromatic heterocycles. The van der Waals surface area contributed by atoms with Crippen LogP contribution in [0, 0.1) is 5.41 Å². The van der Waals surface area contributed by atoms with Crippen LogP contribution in [0.4, 0.5) is 0 Å². The molecule has 0 bridgehead atoms. The van der Waals surface area contributed by atoms with E-state index < -0.39 is 5.79 Å². The van der Waals surface area contributed by atoms with Crippen molar-refractivity contribution in [3.05, 3.63) is 11.8 Å². The number of allylic oxidation sites excluding steroid dienone is 2. The number of rotatable bonds is 4. The third-order valence-corrected chi connectivity index (χ3v) is 3.84. The molecule has 0 aromatic rings. The van der Waals surface area contributed by atoms with Crippen molar-refractivity contribution in [3.8, 4) is 0 Å². The van der Waals surface area contributed by atoms with Gasteiger partial charge >= 0.3 is 0 Å². The molecule has 0 spiro atoms. The number of methoxy groups -OCH3 is 3. The summed E-state index contributed by atoms with van der Waals surface area (Å²) in [6.07, 6.45) is 5.04. The second-order valence-electron chi connectivity index (χ2n) is 4.49. The predicted molar refractivity (Wildman–Crippen MR) is 59.5 cm³/mol. The zero-order valence-corrected chi connectivity index (χ0v) is 10.4. The van der Waals surface area contributed by atoms with Gasteiger partial charge in [0.05, 0.1) is 12.9 Å². The van der Waals surface area contributed by atoms with Crippen LogP contribution in [-0.4, -0.2) is 27.1 Å². The van der Waals surface area contributed by atoms with E-state index in [2.05, 4.69) is 13.0 Å². The van der Waals surface area contributed by atoms with E-state index in [1.165, 1.54) is 0 Å². The molecule has 1 atom stereocenters. The third kappa shape index (κ3) is 2.18. The average molecular weight is 214 g/mol. The Bertz CT molecular complexity index is 243. The molecule has 1 unspecified atom stereocenters. The van der Waals surface area contributed by atoms with Gasteiger partial charge in [-0.3, -0.25) is 0 Å². The van der Waals surface area contributed by atoms with Gasteiger partial charge in [-0.05, 0) is 25.8 Å². The summed E-state index contributed by atoms with van der Waals surface area (Å²) in [5.74, 6) is 0.546. The highest BCUT2D eigenvalue weighted by molar-refractivity contribution is 5.06. The smallest absolute Gasteiger partial charge is 0.170 e. The SMILES string of the molecule is COC1=CCC(C)(C(C)(OC)OC)CC1. The maximum atomic E-state index is 5.51. The van der Waals surface area contributed by atoms with Gasteiger partial charge in [0.1, 0.15) is 0 Å². The van der Waals surface area contributed by atoms with Gasteiger partial charge in [0, 0.05) is 26.1 Å². The van der Waals surface area contributed by atoms with E-state index in [9.17, 15) is 0 Å². The molecule has 1 aliphatic rings. The largest absolute Gasteiger partial charge is 0.501 e. The van der Waals surface area contributed by atoms with E-state index in [0.717, 1.165) is 25.0 Å². The monoisotopic (exact) mass is 214 g/mol. The van der Waals surface area contributed by atoms with Gasteiger partial charge in [0.15, 0.2) is 5.79 Å². The quantitative estimate of drug-likeness (QED) is 0.673.